The molecule has 4 unspecified atom stereocenters. The summed E-state index contributed by atoms with van der Waals surface area (Å²) in [5, 5.41) is 0. The number of hydrogen-bond donors (Lipinski definition) is 0. The van der Waals surface area contributed by atoms with Crippen molar-refractivity contribution in [2.24, 2.45) is 16.8 Å². The summed E-state index contributed by atoms with van der Waals surface area (Å²) in [6.07, 6.45) is 10.0. The monoisotopic (exact) mass is 391 g/mol. The second kappa shape index (κ2) is 7.43. The highest BCUT2D eigenvalue weighted by Crippen LogP contribution is 2.41. The van der Waals surface area contributed by atoms with Gasteiger partial charge in [-0.3, -0.25) is 19.5 Å². The van der Waals surface area contributed by atoms with E-state index in [1.54, 1.807) is 4.90 Å². The molecule has 4 aliphatic rings. The Morgan fingerprint density at radius 3 is 2.38 bits per heavy atom. The Labute approximate surface area is 172 Å². The number of hydrogen-bond acceptors (Lipinski definition) is 3. The van der Waals surface area contributed by atoms with Crippen LogP contribution in [-0.2, 0) is 9.59 Å². The van der Waals surface area contributed by atoms with E-state index in [1.807, 2.05) is 48.4 Å². The van der Waals surface area contributed by atoms with Gasteiger partial charge in [-0.25, -0.2) is 0 Å². The largest absolute Gasteiger partial charge is 0.312 e. The first-order chi connectivity index (χ1) is 14.1. The van der Waals surface area contributed by atoms with Gasteiger partial charge in [0.1, 0.15) is 0 Å². The van der Waals surface area contributed by atoms with Gasteiger partial charge in [0.15, 0.2) is 5.84 Å². The zero-order chi connectivity index (χ0) is 20.0. The molecule has 3 fully saturated rings. The van der Waals surface area contributed by atoms with Crippen LogP contribution in [0.15, 0.2) is 41.0 Å². The van der Waals surface area contributed by atoms with Gasteiger partial charge in [0.2, 0.25) is 11.8 Å². The normalized spacial score (nSPS) is 33.6. The summed E-state index contributed by atoms with van der Waals surface area (Å²) in [6.45, 7) is 0. The summed E-state index contributed by atoms with van der Waals surface area (Å²) in [7, 11) is 1.85. The van der Waals surface area contributed by atoms with Crippen molar-refractivity contribution in [2.75, 3.05) is 7.05 Å². The minimum Gasteiger partial charge on any atom is -0.312 e. The predicted molar refractivity (Wildman–Crippen MR) is 113 cm³/mol. The summed E-state index contributed by atoms with van der Waals surface area (Å²) in [5.74, 6) is 0.937. The fourth-order valence-electron chi connectivity index (χ4n) is 5.66. The van der Waals surface area contributed by atoms with Crippen LogP contribution in [0.4, 0.5) is 0 Å². The van der Waals surface area contributed by atoms with Crippen molar-refractivity contribution in [2.45, 2.75) is 63.5 Å². The molecule has 2 aliphatic carbocycles. The molecule has 2 heterocycles. The minimum atomic E-state index is -0.121. The average molecular weight is 392 g/mol. The Kier molecular flexibility index (Phi) is 4.76. The van der Waals surface area contributed by atoms with E-state index in [2.05, 4.69) is 0 Å². The first kappa shape index (κ1) is 18.6. The number of amidine groups is 1. The van der Waals surface area contributed by atoms with Crippen LogP contribution in [-0.4, -0.2) is 46.6 Å². The Morgan fingerprint density at radius 1 is 0.897 bits per heavy atom. The maximum atomic E-state index is 13.7. The third-order valence-corrected chi connectivity index (χ3v) is 7.20. The third kappa shape index (κ3) is 3.11. The summed E-state index contributed by atoms with van der Waals surface area (Å²) in [4.78, 5) is 36.0. The van der Waals surface area contributed by atoms with Crippen LogP contribution in [0.25, 0.3) is 6.08 Å². The molecule has 0 spiro atoms. The molecule has 0 aromatic heterocycles. The molecule has 5 rings (SSSR count). The van der Waals surface area contributed by atoms with Crippen LogP contribution < -0.4 is 0 Å². The highest BCUT2D eigenvalue weighted by atomic mass is 16.2. The SMILES string of the molecule is CN1C(=O)C2CCCCC2N2C(=O)C3CCCCC3N=C2/C1=C/c1ccccc1. The van der Waals surface area contributed by atoms with E-state index >= 15 is 0 Å². The van der Waals surface area contributed by atoms with Gasteiger partial charge in [-0.15, -0.1) is 0 Å². The molecule has 1 saturated heterocycles. The smallest absolute Gasteiger partial charge is 0.233 e. The highest BCUT2D eigenvalue weighted by Gasteiger charge is 2.50. The Morgan fingerprint density at radius 2 is 1.59 bits per heavy atom. The fourth-order valence-corrected chi connectivity index (χ4v) is 5.66. The molecule has 2 saturated carbocycles. The molecule has 0 bridgehead atoms. The molecule has 1 aromatic rings. The van der Waals surface area contributed by atoms with Crippen molar-refractivity contribution in [3.63, 3.8) is 0 Å². The van der Waals surface area contributed by atoms with Crippen LogP contribution in [0.3, 0.4) is 0 Å². The Bertz CT molecular complexity index is 875. The number of benzene rings is 1. The van der Waals surface area contributed by atoms with Crippen LogP contribution in [0, 0.1) is 11.8 Å². The van der Waals surface area contributed by atoms with Gasteiger partial charge in [-0.2, -0.15) is 0 Å². The predicted octanol–water partition coefficient (Wildman–Crippen LogP) is 3.86. The molecule has 1 aromatic carbocycles. The van der Waals surface area contributed by atoms with E-state index < -0.39 is 0 Å². The van der Waals surface area contributed by atoms with E-state index in [-0.39, 0.29) is 35.7 Å². The number of amides is 2. The highest BCUT2D eigenvalue weighted by molar-refractivity contribution is 6.14. The lowest BCUT2D eigenvalue weighted by molar-refractivity contribution is -0.140. The zero-order valence-corrected chi connectivity index (χ0v) is 17.1. The second-order valence-electron chi connectivity index (χ2n) is 8.92. The van der Waals surface area contributed by atoms with Crippen molar-refractivity contribution < 1.29 is 9.59 Å². The van der Waals surface area contributed by atoms with E-state index in [9.17, 15) is 9.59 Å². The molecule has 2 amide bonds. The van der Waals surface area contributed by atoms with Crippen molar-refractivity contribution in [3.8, 4) is 0 Å². The number of rotatable bonds is 1. The van der Waals surface area contributed by atoms with Crippen LogP contribution in [0.1, 0.15) is 56.9 Å². The maximum Gasteiger partial charge on any atom is 0.233 e. The lowest BCUT2D eigenvalue weighted by Gasteiger charge is -2.43. The van der Waals surface area contributed by atoms with E-state index in [0.717, 1.165) is 68.5 Å². The molecule has 5 nitrogen and oxygen atoms in total. The molecule has 0 N–H and O–H groups in total. The number of carbonyl (C=O) groups is 2. The zero-order valence-electron chi connectivity index (χ0n) is 17.1. The molecule has 5 heteroatoms. The second-order valence-corrected chi connectivity index (χ2v) is 8.92. The number of fused-ring (bicyclic) bond motifs is 4. The number of carbonyl (C=O) groups excluding carboxylic acids is 2. The van der Waals surface area contributed by atoms with Crippen LogP contribution in [0.2, 0.25) is 0 Å². The first-order valence-electron chi connectivity index (χ1n) is 11.1. The van der Waals surface area contributed by atoms with Crippen LogP contribution in [0.5, 0.6) is 0 Å². The van der Waals surface area contributed by atoms with E-state index in [0.29, 0.717) is 0 Å². The molecule has 29 heavy (non-hydrogen) atoms. The van der Waals surface area contributed by atoms with Crippen molar-refractivity contribution in [3.05, 3.63) is 41.6 Å². The molecular weight excluding hydrogens is 362 g/mol. The van der Waals surface area contributed by atoms with E-state index in [4.69, 9.17) is 4.99 Å². The van der Waals surface area contributed by atoms with Gasteiger partial charge in [-0.1, -0.05) is 56.0 Å². The summed E-state index contributed by atoms with van der Waals surface area (Å²) in [5.41, 5.74) is 1.79. The van der Waals surface area contributed by atoms with E-state index in [1.165, 1.54) is 0 Å². The van der Waals surface area contributed by atoms with Gasteiger partial charge in [0.05, 0.1) is 29.6 Å². The third-order valence-electron chi connectivity index (χ3n) is 7.20. The van der Waals surface area contributed by atoms with Gasteiger partial charge in [-0.05, 0) is 37.3 Å². The van der Waals surface area contributed by atoms with Crippen molar-refractivity contribution in [1.82, 2.24) is 9.80 Å². The standard InChI is InChI=1S/C24H29N3O2/c1-26-21(15-16-9-3-2-4-10-16)22-25-19-13-7-5-11-17(19)24(29)27(22)20-14-8-6-12-18(20)23(26)28/h2-4,9-10,15,17-20H,5-8,11-14H2,1H3/b21-15-. The number of likely N-dealkylation sites (N-methyl/N-ethyl adjacent to an activating group) is 1. The summed E-state index contributed by atoms with van der Waals surface area (Å²) >= 11 is 0. The Balaban J connectivity index is 1.68. The molecule has 2 aliphatic heterocycles. The molecule has 152 valence electrons. The molecule has 0 radical (unpaired) electrons. The molecule has 4 atom stereocenters. The minimum absolute atomic E-state index is 0.00781. The lowest BCUT2D eigenvalue weighted by atomic mass is 9.79. The summed E-state index contributed by atoms with van der Waals surface area (Å²) < 4.78 is 0. The molecular formula is C24H29N3O2. The van der Waals surface area contributed by atoms with Crippen molar-refractivity contribution in [1.29, 1.82) is 0 Å². The Hall–Kier alpha value is -2.43. The van der Waals surface area contributed by atoms with Gasteiger partial charge in [0.25, 0.3) is 0 Å². The van der Waals surface area contributed by atoms with Gasteiger partial charge in [0, 0.05) is 7.05 Å². The van der Waals surface area contributed by atoms with Gasteiger partial charge >= 0.3 is 0 Å². The topological polar surface area (TPSA) is 53.0 Å². The fraction of sp³-hybridized carbons (Fsp3) is 0.542. The number of nitrogens with zero attached hydrogens (tertiary/aromatic N) is 3. The quantitative estimate of drug-likeness (QED) is 0.730. The first-order valence-corrected chi connectivity index (χ1v) is 11.1. The number of aliphatic imine (C=N–C) groups is 1. The maximum absolute atomic E-state index is 13.7. The van der Waals surface area contributed by atoms with Gasteiger partial charge < -0.3 is 4.90 Å². The lowest BCUT2D eigenvalue weighted by Crippen LogP contribution is -2.56. The van der Waals surface area contributed by atoms with Crippen LogP contribution >= 0.6 is 0 Å². The summed E-state index contributed by atoms with van der Waals surface area (Å²) in [6, 6.07) is 10.0. The van der Waals surface area contributed by atoms with Crippen molar-refractivity contribution >= 4 is 23.7 Å². The average Bonchev–Trinajstić information content (AvgIpc) is 2.85.